The Balaban J connectivity index is 0.00000338. The molecule has 1 saturated heterocycles. The number of guanidine groups is 1. The van der Waals surface area contributed by atoms with Gasteiger partial charge in [0.25, 0.3) is 0 Å². The van der Waals surface area contributed by atoms with E-state index >= 15 is 0 Å². The van der Waals surface area contributed by atoms with Crippen molar-refractivity contribution in [2.45, 2.75) is 51.7 Å². The Labute approximate surface area is 173 Å². The molecule has 8 nitrogen and oxygen atoms in total. The highest BCUT2D eigenvalue weighted by Crippen LogP contribution is 2.12. The van der Waals surface area contributed by atoms with Crippen LogP contribution in [-0.2, 0) is 22.4 Å². The maximum Gasteiger partial charge on any atom is 0.191 e. The fourth-order valence-electron chi connectivity index (χ4n) is 2.78. The van der Waals surface area contributed by atoms with Crippen molar-refractivity contribution in [1.82, 2.24) is 25.4 Å². The average Bonchev–Trinajstić information content (AvgIpc) is 3.11. The number of rotatable bonds is 10. The third-order valence-corrected chi connectivity index (χ3v) is 4.20. The van der Waals surface area contributed by atoms with Crippen molar-refractivity contribution in [2.24, 2.45) is 4.99 Å². The van der Waals surface area contributed by atoms with E-state index in [0.29, 0.717) is 6.54 Å². The number of nitrogens with one attached hydrogen (secondary N) is 2. The lowest BCUT2D eigenvalue weighted by Crippen LogP contribution is -2.40. The molecule has 0 amide bonds. The average molecular weight is 480 g/mol. The number of nitrogens with zero attached hydrogens (tertiary/aromatic N) is 4. The Hall–Kier alpha value is -0.940. The zero-order valence-corrected chi connectivity index (χ0v) is 18.3. The highest BCUT2D eigenvalue weighted by Gasteiger charge is 2.13. The normalized spacial score (nSPS) is 17.6. The zero-order chi connectivity index (χ0) is 17.7. The number of aromatic nitrogens is 3. The summed E-state index contributed by atoms with van der Waals surface area (Å²) in [5, 5.41) is 14.8. The van der Waals surface area contributed by atoms with Crippen LogP contribution >= 0.6 is 24.0 Å². The van der Waals surface area contributed by atoms with E-state index in [1.165, 1.54) is 12.8 Å². The van der Waals surface area contributed by atoms with Crippen LogP contribution in [0, 0.1) is 0 Å². The number of hydrogen-bond donors (Lipinski definition) is 2. The van der Waals surface area contributed by atoms with Crippen molar-refractivity contribution in [1.29, 1.82) is 0 Å². The lowest BCUT2D eigenvalue weighted by atomic mass is 10.1. The zero-order valence-electron chi connectivity index (χ0n) is 15.9. The molecule has 0 bridgehead atoms. The first-order valence-electron chi connectivity index (χ1n) is 9.33. The topological polar surface area (TPSA) is 85.6 Å². The molecular formula is C17H33IN6O2. The predicted molar refractivity (Wildman–Crippen MR) is 113 cm³/mol. The van der Waals surface area contributed by atoms with E-state index < -0.39 is 0 Å². The number of aryl methyl sites for hydroxylation is 1. The SMILES string of the molecule is CCc1nncn1CCNC(=NCC1CCCCO1)NCCCOC.I. The van der Waals surface area contributed by atoms with Gasteiger partial charge in [0.15, 0.2) is 5.96 Å². The first-order valence-corrected chi connectivity index (χ1v) is 9.33. The van der Waals surface area contributed by atoms with E-state index in [0.717, 1.165) is 63.9 Å². The van der Waals surface area contributed by atoms with Crippen LogP contribution < -0.4 is 10.6 Å². The minimum atomic E-state index is 0. The number of halogens is 1. The Morgan fingerprint density at radius 2 is 2.23 bits per heavy atom. The van der Waals surface area contributed by atoms with Gasteiger partial charge in [-0.15, -0.1) is 34.2 Å². The number of hydrogen-bond acceptors (Lipinski definition) is 5. The van der Waals surface area contributed by atoms with Gasteiger partial charge >= 0.3 is 0 Å². The molecule has 2 rings (SSSR count). The summed E-state index contributed by atoms with van der Waals surface area (Å²) in [5.41, 5.74) is 0. The Bertz CT molecular complexity index is 505. The van der Waals surface area contributed by atoms with Crippen LogP contribution in [0.3, 0.4) is 0 Å². The molecule has 0 aromatic carbocycles. The fraction of sp³-hybridized carbons (Fsp3) is 0.824. The molecule has 150 valence electrons. The van der Waals surface area contributed by atoms with Crippen LogP contribution in [0.2, 0.25) is 0 Å². The van der Waals surface area contributed by atoms with Gasteiger partial charge in [-0.05, 0) is 25.7 Å². The maximum absolute atomic E-state index is 5.76. The van der Waals surface area contributed by atoms with Gasteiger partial charge in [0.05, 0.1) is 12.6 Å². The predicted octanol–water partition coefficient (Wildman–Crippen LogP) is 1.60. The summed E-state index contributed by atoms with van der Waals surface area (Å²) in [6, 6.07) is 0. The lowest BCUT2D eigenvalue weighted by Gasteiger charge is -2.21. The molecule has 1 fully saturated rings. The molecule has 2 N–H and O–H groups in total. The smallest absolute Gasteiger partial charge is 0.191 e. The molecule has 1 aromatic rings. The van der Waals surface area contributed by atoms with Crippen molar-refractivity contribution < 1.29 is 9.47 Å². The van der Waals surface area contributed by atoms with Crippen LogP contribution in [-0.4, -0.2) is 66.8 Å². The molecule has 9 heteroatoms. The second-order valence-electron chi connectivity index (χ2n) is 6.17. The first kappa shape index (κ1) is 23.1. The van der Waals surface area contributed by atoms with Crippen molar-refractivity contribution in [3.8, 4) is 0 Å². The molecule has 0 radical (unpaired) electrons. The minimum Gasteiger partial charge on any atom is -0.385 e. The summed E-state index contributed by atoms with van der Waals surface area (Å²) in [6.45, 7) is 6.80. The van der Waals surface area contributed by atoms with Crippen LogP contribution in [0.1, 0.15) is 38.4 Å². The molecule has 26 heavy (non-hydrogen) atoms. The van der Waals surface area contributed by atoms with E-state index in [-0.39, 0.29) is 30.1 Å². The highest BCUT2D eigenvalue weighted by atomic mass is 127. The summed E-state index contributed by atoms with van der Waals surface area (Å²) < 4.78 is 12.9. The van der Waals surface area contributed by atoms with Crippen LogP contribution in [0.25, 0.3) is 0 Å². The Kier molecular flexibility index (Phi) is 12.6. The molecule has 0 spiro atoms. The summed E-state index contributed by atoms with van der Waals surface area (Å²) in [7, 11) is 1.72. The largest absolute Gasteiger partial charge is 0.385 e. The summed E-state index contributed by atoms with van der Waals surface area (Å²) in [5.74, 6) is 1.83. The van der Waals surface area contributed by atoms with Crippen LogP contribution in [0.5, 0.6) is 0 Å². The minimum absolute atomic E-state index is 0. The highest BCUT2D eigenvalue weighted by molar-refractivity contribution is 14.0. The second-order valence-corrected chi connectivity index (χ2v) is 6.17. The first-order chi connectivity index (χ1) is 12.3. The Morgan fingerprint density at radius 3 is 2.96 bits per heavy atom. The van der Waals surface area contributed by atoms with Crippen molar-refractivity contribution in [2.75, 3.05) is 40.0 Å². The number of aliphatic imine (C=N–C) groups is 1. The third-order valence-electron chi connectivity index (χ3n) is 4.20. The molecule has 1 aliphatic rings. The van der Waals surface area contributed by atoms with Gasteiger partial charge in [0.1, 0.15) is 12.2 Å². The molecular weight excluding hydrogens is 447 g/mol. The Morgan fingerprint density at radius 1 is 1.38 bits per heavy atom. The van der Waals surface area contributed by atoms with Gasteiger partial charge in [-0.1, -0.05) is 6.92 Å². The molecule has 1 aliphatic heterocycles. The summed E-state index contributed by atoms with van der Waals surface area (Å²) in [4.78, 5) is 4.69. The van der Waals surface area contributed by atoms with Gasteiger partial charge < -0.3 is 24.7 Å². The van der Waals surface area contributed by atoms with E-state index in [2.05, 4.69) is 32.3 Å². The van der Waals surface area contributed by atoms with Gasteiger partial charge in [0, 0.05) is 46.4 Å². The monoisotopic (exact) mass is 480 g/mol. The fourth-order valence-corrected chi connectivity index (χ4v) is 2.78. The molecule has 0 saturated carbocycles. The lowest BCUT2D eigenvalue weighted by molar-refractivity contribution is 0.0224. The van der Waals surface area contributed by atoms with E-state index in [4.69, 9.17) is 14.5 Å². The second kappa shape index (κ2) is 14.2. The van der Waals surface area contributed by atoms with Gasteiger partial charge in [-0.25, -0.2) is 0 Å². The van der Waals surface area contributed by atoms with E-state index in [1.54, 1.807) is 13.4 Å². The van der Waals surface area contributed by atoms with Gasteiger partial charge in [0.2, 0.25) is 0 Å². The van der Waals surface area contributed by atoms with E-state index in [1.807, 2.05) is 0 Å². The van der Waals surface area contributed by atoms with E-state index in [9.17, 15) is 0 Å². The number of methoxy groups -OCH3 is 1. The summed E-state index contributed by atoms with van der Waals surface area (Å²) >= 11 is 0. The van der Waals surface area contributed by atoms with Crippen molar-refractivity contribution >= 4 is 29.9 Å². The third kappa shape index (κ3) is 8.63. The van der Waals surface area contributed by atoms with Gasteiger partial charge in [-0.3, -0.25) is 4.99 Å². The maximum atomic E-state index is 5.76. The van der Waals surface area contributed by atoms with Crippen LogP contribution in [0.15, 0.2) is 11.3 Å². The molecule has 1 aromatic heterocycles. The quantitative estimate of drug-likeness (QED) is 0.229. The summed E-state index contributed by atoms with van der Waals surface area (Å²) in [6.07, 6.45) is 7.35. The number of ether oxygens (including phenoxy) is 2. The van der Waals surface area contributed by atoms with Crippen LogP contribution in [0.4, 0.5) is 0 Å². The molecule has 1 atom stereocenters. The van der Waals surface area contributed by atoms with Crippen molar-refractivity contribution in [3.63, 3.8) is 0 Å². The van der Waals surface area contributed by atoms with Gasteiger partial charge in [-0.2, -0.15) is 0 Å². The standard InChI is InChI=1S/C17H32N6O2.HI/c1-3-16-22-21-14-23(16)10-9-19-17(18-8-6-11-24-2)20-13-15-7-4-5-12-25-15;/h14-15H,3-13H2,1-2H3,(H2,18,19,20);1H. The molecule has 0 aliphatic carbocycles. The molecule has 1 unspecified atom stereocenters. The van der Waals surface area contributed by atoms with Crippen molar-refractivity contribution in [3.05, 3.63) is 12.2 Å². The molecule has 2 heterocycles.